The van der Waals surface area contributed by atoms with Gasteiger partial charge in [0, 0.05) is 19.1 Å². The first-order valence-electron chi connectivity index (χ1n) is 6.07. The quantitative estimate of drug-likeness (QED) is 0.847. The monoisotopic (exact) mass is 228 g/mol. The molecule has 0 saturated carbocycles. The molecule has 17 heavy (non-hydrogen) atoms. The first-order chi connectivity index (χ1) is 8.38. The molecule has 0 bridgehead atoms. The van der Waals surface area contributed by atoms with Gasteiger partial charge in [-0.25, -0.2) is 4.98 Å². The minimum absolute atomic E-state index is 0.422. The molecule has 0 aliphatic carbocycles. The Kier molecular flexibility index (Phi) is 2.65. The van der Waals surface area contributed by atoms with Crippen LogP contribution in [0.4, 0.5) is 5.82 Å². The van der Waals surface area contributed by atoms with E-state index in [9.17, 15) is 0 Å². The molecule has 0 amide bonds. The SMILES string of the molecule is NC[C@@H]1CCCN1c1cnc2ccccc2n1. The van der Waals surface area contributed by atoms with Gasteiger partial charge in [0.2, 0.25) is 0 Å². The van der Waals surface area contributed by atoms with E-state index in [0.29, 0.717) is 12.6 Å². The van der Waals surface area contributed by atoms with Gasteiger partial charge >= 0.3 is 0 Å². The number of fused-ring (bicyclic) bond motifs is 1. The lowest BCUT2D eigenvalue weighted by atomic mass is 10.2. The lowest BCUT2D eigenvalue weighted by molar-refractivity contribution is 0.671. The molecule has 88 valence electrons. The number of rotatable bonds is 2. The van der Waals surface area contributed by atoms with Crippen molar-refractivity contribution in [2.45, 2.75) is 18.9 Å². The number of hydrogen-bond acceptors (Lipinski definition) is 4. The standard InChI is InChI=1S/C13H16N4/c14-8-10-4-3-7-17(10)13-9-15-11-5-1-2-6-12(11)16-13/h1-2,5-6,9-10H,3-4,7-8,14H2/t10-/m0/s1. The summed E-state index contributed by atoms with van der Waals surface area (Å²) in [5.41, 5.74) is 7.68. The fourth-order valence-electron chi connectivity index (χ4n) is 2.47. The van der Waals surface area contributed by atoms with Crippen LogP contribution in [0.25, 0.3) is 11.0 Å². The van der Waals surface area contributed by atoms with Gasteiger partial charge in [-0.15, -0.1) is 0 Å². The smallest absolute Gasteiger partial charge is 0.148 e. The lowest BCUT2D eigenvalue weighted by Crippen LogP contribution is -2.35. The van der Waals surface area contributed by atoms with Gasteiger partial charge in [0.1, 0.15) is 5.82 Å². The van der Waals surface area contributed by atoms with Gasteiger partial charge in [-0.1, -0.05) is 12.1 Å². The number of aromatic nitrogens is 2. The van der Waals surface area contributed by atoms with Crippen LogP contribution < -0.4 is 10.6 Å². The van der Waals surface area contributed by atoms with Crippen molar-refractivity contribution in [1.29, 1.82) is 0 Å². The van der Waals surface area contributed by atoms with E-state index in [0.717, 1.165) is 29.8 Å². The molecule has 1 aromatic heterocycles. The molecule has 4 nitrogen and oxygen atoms in total. The number of para-hydroxylation sites is 2. The average Bonchev–Trinajstić information content (AvgIpc) is 2.86. The summed E-state index contributed by atoms with van der Waals surface area (Å²) in [4.78, 5) is 11.4. The minimum Gasteiger partial charge on any atom is -0.351 e. The summed E-state index contributed by atoms with van der Waals surface area (Å²) in [7, 11) is 0. The maximum absolute atomic E-state index is 5.78. The lowest BCUT2D eigenvalue weighted by Gasteiger charge is -2.24. The van der Waals surface area contributed by atoms with Crippen molar-refractivity contribution >= 4 is 16.9 Å². The van der Waals surface area contributed by atoms with Crippen LogP contribution in [0.5, 0.6) is 0 Å². The van der Waals surface area contributed by atoms with E-state index in [1.807, 2.05) is 30.5 Å². The Morgan fingerprint density at radius 1 is 1.29 bits per heavy atom. The van der Waals surface area contributed by atoms with Crippen molar-refractivity contribution in [3.05, 3.63) is 30.5 Å². The van der Waals surface area contributed by atoms with Crippen molar-refractivity contribution in [1.82, 2.24) is 9.97 Å². The minimum atomic E-state index is 0.422. The highest BCUT2D eigenvalue weighted by molar-refractivity contribution is 5.75. The number of benzene rings is 1. The van der Waals surface area contributed by atoms with Crippen LogP contribution in [-0.4, -0.2) is 29.1 Å². The normalized spacial score (nSPS) is 20.1. The van der Waals surface area contributed by atoms with Crippen LogP contribution in [0.2, 0.25) is 0 Å². The number of nitrogens with zero attached hydrogens (tertiary/aromatic N) is 3. The van der Waals surface area contributed by atoms with Crippen molar-refractivity contribution in [3.8, 4) is 0 Å². The van der Waals surface area contributed by atoms with Crippen molar-refractivity contribution in [2.75, 3.05) is 18.0 Å². The van der Waals surface area contributed by atoms with Crippen LogP contribution in [0.15, 0.2) is 30.5 Å². The van der Waals surface area contributed by atoms with Crippen molar-refractivity contribution in [2.24, 2.45) is 5.73 Å². The summed E-state index contributed by atoms with van der Waals surface area (Å²) < 4.78 is 0. The molecule has 3 rings (SSSR count). The van der Waals surface area contributed by atoms with Crippen LogP contribution in [0.1, 0.15) is 12.8 Å². The van der Waals surface area contributed by atoms with E-state index in [4.69, 9.17) is 5.73 Å². The Balaban J connectivity index is 2.00. The van der Waals surface area contributed by atoms with Crippen LogP contribution in [0, 0.1) is 0 Å². The van der Waals surface area contributed by atoms with Gasteiger partial charge < -0.3 is 10.6 Å². The van der Waals surface area contributed by atoms with Crippen LogP contribution in [-0.2, 0) is 0 Å². The summed E-state index contributed by atoms with van der Waals surface area (Å²) in [5.74, 6) is 0.955. The van der Waals surface area contributed by atoms with Gasteiger partial charge in [-0.2, -0.15) is 0 Å². The van der Waals surface area contributed by atoms with E-state index in [1.165, 1.54) is 6.42 Å². The fourth-order valence-corrected chi connectivity index (χ4v) is 2.47. The van der Waals surface area contributed by atoms with E-state index < -0.39 is 0 Å². The molecular formula is C13H16N4. The molecule has 1 aromatic carbocycles. The van der Waals surface area contributed by atoms with Crippen LogP contribution in [0.3, 0.4) is 0 Å². The molecule has 0 radical (unpaired) electrons. The van der Waals surface area contributed by atoms with Gasteiger partial charge in [-0.3, -0.25) is 4.98 Å². The second-order valence-electron chi connectivity index (χ2n) is 4.44. The molecule has 4 heteroatoms. The highest BCUT2D eigenvalue weighted by atomic mass is 15.2. The molecular weight excluding hydrogens is 212 g/mol. The highest BCUT2D eigenvalue weighted by Gasteiger charge is 2.24. The summed E-state index contributed by atoms with van der Waals surface area (Å²) in [6.45, 7) is 1.73. The molecule has 1 fully saturated rings. The summed E-state index contributed by atoms with van der Waals surface area (Å²) >= 11 is 0. The summed E-state index contributed by atoms with van der Waals surface area (Å²) in [6, 6.07) is 8.38. The average molecular weight is 228 g/mol. The number of anilines is 1. The Morgan fingerprint density at radius 2 is 2.12 bits per heavy atom. The third kappa shape index (κ3) is 1.85. The Bertz CT molecular complexity index is 526. The molecule has 2 N–H and O–H groups in total. The fraction of sp³-hybridized carbons (Fsp3) is 0.385. The van der Waals surface area contributed by atoms with E-state index >= 15 is 0 Å². The predicted octanol–water partition coefficient (Wildman–Crippen LogP) is 1.56. The molecule has 0 spiro atoms. The third-order valence-corrected chi connectivity index (χ3v) is 3.38. The Hall–Kier alpha value is -1.68. The molecule has 2 aromatic rings. The van der Waals surface area contributed by atoms with Crippen LogP contribution >= 0.6 is 0 Å². The van der Waals surface area contributed by atoms with Gasteiger partial charge in [0.15, 0.2) is 0 Å². The molecule has 1 atom stereocenters. The third-order valence-electron chi connectivity index (χ3n) is 3.38. The van der Waals surface area contributed by atoms with E-state index in [1.54, 1.807) is 0 Å². The second-order valence-corrected chi connectivity index (χ2v) is 4.44. The zero-order valence-corrected chi connectivity index (χ0v) is 9.71. The molecule has 1 saturated heterocycles. The van der Waals surface area contributed by atoms with Crippen molar-refractivity contribution < 1.29 is 0 Å². The second kappa shape index (κ2) is 4.30. The first kappa shape index (κ1) is 10.5. The largest absolute Gasteiger partial charge is 0.351 e. The Labute approximate surface area is 100 Å². The number of nitrogens with two attached hydrogens (primary N) is 1. The maximum atomic E-state index is 5.78. The predicted molar refractivity (Wildman–Crippen MR) is 69.0 cm³/mol. The van der Waals surface area contributed by atoms with E-state index in [2.05, 4.69) is 14.9 Å². The first-order valence-corrected chi connectivity index (χ1v) is 6.07. The molecule has 1 aliphatic rings. The summed E-state index contributed by atoms with van der Waals surface area (Å²) in [6.07, 6.45) is 4.21. The van der Waals surface area contributed by atoms with Gasteiger partial charge in [0.25, 0.3) is 0 Å². The molecule has 0 unspecified atom stereocenters. The Morgan fingerprint density at radius 3 is 2.94 bits per heavy atom. The topological polar surface area (TPSA) is 55.0 Å². The highest BCUT2D eigenvalue weighted by Crippen LogP contribution is 2.23. The molecule has 2 heterocycles. The van der Waals surface area contributed by atoms with Crippen molar-refractivity contribution in [3.63, 3.8) is 0 Å². The zero-order chi connectivity index (χ0) is 11.7. The molecule has 1 aliphatic heterocycles. The van der Waals surface area contributed by atoms with E-state index in [-0.39, 0.29) is 0 Å². The summed E-state index contributed by atoms with van der Waals surface area (Å²) in [5, 5.41) is 0. The number of hydrogen-bond donors (Lipinski definition) is 1. The maximum Gasteiger partial charge on any atom is 0.148 e. The zero-order valence-electron chi connectivity index (χ0n) is 9.71. The van der Waals surface area contributed by atoms with Gasteiger partial charge in [-0.05, 0) is 25.0 Å². The van der Waals surface area contributed by atoms with Gasteiger partial charge in [0.05, 0.1) is 17.2 Å².